The molecule has 1 aromatic rings. The third-order valence-electron chi connectivity index (χ3n) is 2.71. The molecule has 1 aliphatic rings. The average molecular weight is 273 g/mol. The molecule has 2 unspecified atom stereocenters. The highest BCUT2D eigenvalue weighted by Gasteiger charge is 2.24. The first-order valence-corrected chi connectivity index (χ1v) is 5.74. The minimum Gasteiger partial charge on any atom is -0.324 e. The highest BCUT2D eigenvalue weighted by molar-refractivity contribution is 6.33. The van der Waals surface area contributed by atoms with E-state index in [1.165, 1.54) is 0 Å². The lowest BCUT2D eigenvalue weighted by Crippen LogP contribution is -2.24. The molecule has 18 heavy (non-hydrogen) atoms. The lowest BCUT2D eigenvalue weighted by molar-refractivity contribution is -0.118. The third kappa shape index (κ3) is 2.68. The van der Waals surface area contributed by atoms with E-state index in [0.29, 0.717) is 12.5 Å². The third-order valence-corrected chi connectivity index (χ3v) is 3.01. The maximum absolute atomic E-state index is 13.5. The second-order valence-electron chi connectivity index (χ2n) is 4.12. The van der Waals surface area contributed by atoms with Crippen LogP contribution in [0, 0.1) is 17.6 Å². The van der Waals surface area contributed by atoms with Gasteiger partial charge in [-0.2, -0.15) is 0 Å². The van der Waals surface area contributed by atoms with E-state index in [-0.39, 0.29) is 16.8 Å². The Morgan fingerprint density at radius 3 is 2.67 bits per heavy atom. The Labute approximate surface area is 108 Å². The molecule has 0 spiro atoms. The van der Waals surface area contributed by atoms with Crippen molar-refractivity contribution in [3.05, 3.63) is 40.9 Å². The van der Waals surface area contributed by atoms with Gasteiger partial charge in [0.1, 0.15) is 5.82 Å². The molecule has 0 bridgehead atoms. The van der Waals surface area contributed by atoms with Gasteiger partial charge in [0.2, 0.25) is 5.91 Å². The predicted molar refractivity (Wildman–Crippen MR) is 65.2 cm³/mol. The number of nitrogens with two attached hydrogens (primary N) is 1. The number of hydrogen-bond donors (Lipinski definition) is 2. The quantitative estimate of drug-likeness (QED) is 0.813. The van der Waals surface area contributed by atoms with E-state index < -0.39 is 23.5 Å². The van der Waals surface area contributed by atoms with Crippen molar-refractivity contribution in [2.45, 2.75) is 12.5 Å². The highest BCUT2D eigenvalue weighted by Crippen LogP contribution is 2.28. The van der Waals surface area contributed by atoms with E-state index in [4.69, 9.17) is 17.3 Å². The first-order valence-electron chi connectivity index (χ1n) is 5.36. The molecule has 0 fully saturated rings. The van der Waals surface area contributed by atoms with Crippen molar-refractivity contribution in [1.82, 2.24) is 0 Å². The predicted octanol–water partition coefficient (Wildman–Crippen LogP) is 2.46. The lowest BCUT2D eigenvalue weighted by atomic mass is 10.1. The van der Waals surface area contributed by atoms with Crippen LogP contribution in [0.15, 0.2) is 24.3 Å². The number of carbonyl (C=O) groups is 1. The van der Waals surface area contributed by atoms with Crippen molar-refractivity contribution in [3.63, 3.8) is 0 Å². The minimum absolute atomic E-state index is 0.172. The molecule has 1 aromatic carbocycles. The van der Waals surface area contributed by atoms with E-state index in [9.17, 15) is 13.6 Å². The molecule has 0 saturated heterocycles. The van der Waals surface area contributed by atoms with Crippen molar-refractivity contribution in [2.24, 2.45) is 11.7 Å². The van der Waals surface area contributed by atoms with Crippen LogP contribution >= 0.6 is 11.6 Å². The molecular formula is C12H11ClF2N2O. The molecule has 0 heterocycles. The van der Waals surface area contributed by atoms with Gasteiger partial charge in [-0.05, 0) is 12.5 Å². The van der Waals surface area contributed by atoms with Crippen LogP contribution in [-0.4, -0.2) is 11.9 Å². The van der Waals surface area contributed by atoms with Crippen molar-refractivity contribution in [3.8, 4) is 0 Å². The van der Waals surface area contributed by atoms with Gasteiger partial charge in [0.15, 0.2) is 5.82 Å². The Morgan fingerprint density at radius 2 is 2.11 bits per heavy atom. The van der Waals surface area contributed by atoms with E-state index in [1.54, 1.807) is 12.2 Å². The maximum atomic E-state index is 13.5. The molecule has 3 nitrogen and oxygen atoms in total. The second-order valence-corrected chi connectivity index (χ2v) is 4.53. The van der Waals surface area contributed by atoms with Crippen molar-refractivity contribution >= 4 is 23.2 Å². The highest BCUT2D eigenvalue weighted by atomic mass is 35.5. The molecule has 3 N–H and O–H groups in total. The minimum atomic E-state index is -0.903. The van der Waals surface area contributed by atoms with Gasteiger partial charge in [0.25, 0.3) is 0 Å². The van der Waals surface area contributed by atoms with E-state index in [1.807, 2.05) is 0 Å². The monoisotopic (exact) mass is 272 g/mol. The molecule has 1 aliphatic carbocycles. The largest absolute Gasteiger partial charge is 0.324 e. The van der Waals surface area contributed by atoms with Gasteiger partial charge >= 0.3 is 0 Å². The van der Waals surface area contributed by atoms with E-state index in [2.05, 4.69) is 5.32 Å². The fourth-order valence-electron chi connectivity index (χ4n) is 1.80. The molecule has 96 valence electrons. The van der Waals surface area contributed by atoms with E-state index in [0.717, 1.165) is 6.07 Å². The summed E-state index contributed by atoms with van der Waals surface area (Å²) in [7, 11) is 0. The summed E-state index contributed by atoms with van der Waals surface area (Å²) in [4.78, 5) is 11.8. The van der Waals surface area contributed by atoms with Gasteiger partial charge < -0.3 is 11.1 Å². The van der Waals surface area contributed by atoms with Gasteiger partial charge in [-0.25, -0.2) is 8.78 Å². The first kappa shape index (κ1) is 13.0. The fraction of sp³-hybridized carbons (Fsp3) is 0.250. The first-order chi connectivity index (χ1) is 8.47. The molecule has 0 radical (unpaired) electrons. The summed E-state index contributed by atoms with van der Waals surface area (Å²) in [5.74, 6) is -2.52. The number of amides is 1. The Balaban J connectivity index is 2.15. The van der Waals surface area contributed by atoms with Crippen molar-refractivity contribution in [1.29, 1.82) is 0 Å². The van der Waals surface area contributed by atoms with Gasteiger partial charge in [-0.1, -0.05) is 23.8 Å². The number of hydrogen-bond acceptors (Lipinski definition) is 2. The van der Waals surface area contributed by atoms with Gasteiger partial charge in [0, 0.05) is 12.1 Å². The van der Waals surface area contributed by atoms with Gasteiger partial charge in [-0.3, -0.25) is 4.79 Å². The molecule has 2 atom stereocenters. The molecule has 0 aromatic heterocycles. The molecule has 6 heteroatoms. The molecular weight excluding hydrogens is 262 g/mol. The zero-order chi connectivity index (χ0) is 13.3. The van der Waals surface area contributed by atoms with Crippen LogP contribution in [-0.2, 0) is 4.79 Å². The number of nitrogens with one attached hydrogen (secondary N) is 1. The maximum Gasteiger partial charge on any atom is 0.231 e. The summed E-state index contributed by atoms with van der Waals surface area (Å²) in [6, 6.07) is 1.43. The summed E-state index contributed by atoms with van der Waals surface area (Å²) < 4.78 is 26.3. The van der Waals surface area contributed by atoms with Crippen LogP contribution < -0.4 is 11.1 Å². The van der Waals surface area contributed by atoms with Crippen LogP contribution in [0.25, 0.3) is 0 Å². The second kappa shape index (κ2) is 5.04. The van der Waals surface area contributed by atoms with Crippen LogP contribution in [0.5, 0.6) is 0 Å². The zero-order valence-corrected chi connectivity index (χ0v) is 10.0. The zero-order valence-electron chi connectivity index (χ0n) is 9.29. The van der Waals surface area contributed by atoms with Gasteiger partial charge in [0.05, 0.1) is 16.6 Å². The normalized spacial score (nSPS) is 22.2. The summed E-state index contributed by atoms with van der Waals surface area (Å²) in [6.07, 6.45) is 3.84. The number of halogens is 3. The van der Waals surface area contributed by atoms with Crippen LogP contribution in [0.3, 0.4) is 0 Å². The average Bonchev–Trinajstić information content (AvgIpc) is 2.70. The smallest absolute Gasteiger partial charge is 0.231 e. The topological polar surface area (TPSA) is 55.1 Å². The lowest BCUT2D eigenvalue weighted by Gasteiger charge is -2.12. The van der Waals surface area contributed by atoms with Crippen LogP contribution in [0.4, 0.5) is 14.5 Å². The summed E-state index contributed by atoms with van der Waals surface area (Å²) in [5, 5.41) is 2.17. The van der Waals surface area contributed by atoms with Gasteiger partial charge in [-0.15, -0.1) is 0 Å². The SMILES string of the molecule is NC1C=CC(C(=O)Nc2c(F)cc(F)cc2Cl)C1. The Hall–Kier alpha value is -1.46. The standard InChI is InChI=1S/C12H11ClF2N2O/c13-9-4-7(14)5-10(15)11(9)17-12(18)6-1-2-8(16)3-6/h1-2,4-6,8H,3,16H2,(H,17,18). The summed E-state index contributed by atoms with van der Waals surface area (Å²) in [6.45, 7) is 0. The molecule has 1 amide bonds. The summed E-state index contributed by atoms with van der Waals surface area (Å²) >= 11 is 5.68. The Morgan fingerprint density at radius 1 is 1.39 bits per heavy atom. The fourth-order valence-corrected chi connectivity index (χ4v) is 2.04. The molecule has 0 aliphatic heterocycles. The van der Waals surface area contributed by atoms with Crippen molar-refractivity contribution < 1.29 is 13.6 Å². The molecule has 2 rings (SSSR count). The summed E-state index contributed by atoms with van der Waals surface area (Å²) in [5.41, 5.74) is 5.41. The van der Waals surface area contributed by atoms with E-state index >= 15 is 0 Å². The van der Waals surface area contributed by atoms with Crippen molar-refractivity contribution in [2.75, 3.05) is 5.32 Å². The van der Waals surface area contributed by atoms with Crippen LogP contribution in [0.1, 0.15) is 6.42 Å². The van der Waals surface area contributed by atoms with Crippen LogP contribution in [0.2, 0.25) is 5.02 Å². The number of anilines is 1. The number of benzene rings is 1. The molecule has 0 saturated carbocycles. The Kier molecular flexibility index (Phi) is 3.63. The Bertz CT molecular complexity index is 496. The number of carbonyl (C=O) groups excluding carboxylic acids is 1. The number of rotatable bonds is 2.